The summed E-state index contributed by atoms with van der Waals surface area (Å²) in [5, 5.41) is 18.6. The molecule has 4 atom stereocenters. The first-order valence-electron chi connectivity index (χ1n) is 4.87. The standard InChI is InChI=1S/C9H16O4/c10-5-6-4-7(11)9-8(13-6)2-1-3-12-9/h6-11H,1-5H2/t6-,7-,8+,9-/m0/s1. The molecule has 2 aliphatic rings. The molecule has 0 aromatic rings. The average molecular weight is 188 g/mol. The van der Waals surface area contributed by atoms with Crippen LogP contribution in [0.25, 0.3) is 0 Å². The Balaban J connectivity index is 1.99. The Hall–Kier alpha value is -0.160. The SMILES string of the molecule is OC[C@@H]1C[C@H](O)[C@@H]2OCCC[C@H]2O1. The molecule has 2 fully saturated rings. The minimum Gasteiger partial charge on any atom is -0.394 e. The zero-order chi connectivity index (χ0) is 9.26. The van der Waals surface area contributed by atoms with E-state index in [0.29, 0.717) is 13.0 Å². The van der Waals surface area contributed by atoms with Crippen molar-refractivity contribution < 1.29 is 19.7 Å². The summed E-state index contributed by atoms with van der Waals surface area (Å²) in [6.07, 6.45) is 1.52. The van der Waals surface area contributed by atoms with Gasteiger partial charge in [0, 0.05) is 13.0 Å². The van der Waals surface area contributed by atoms with Crippen molar-refractivity contribution in [1.29, 1.82) is 0 Å². The average Bonchev–Trinajstić information content (AvgIpc) is 2.18. The molecule has 0 spiro atoms. The first kappa shape index (κ1) is 9.40. The van der Waals surface area contributed by atoms with Gasteiger partial charge in [-0.15, -0.1) is 0 Å². The summed E-state index contributed by atoms with van der Waals surface area (Å²) in [5.41, 5.74) is 0. The monoisotopic (exact) mass is 188 g/mol. The Morgan fingerprint density at radius 2 is 2.23 bits per heavy atom. The lowest BCUT2D eigenvalue weighted by Gasteiger charge is -2.41. The van der Waals surface area contributed by atoms with E-state index in [0.717, 1.165) is 12.8 Å². The highest BCUT2D eigenvalue weighted by atomic mass is 16.6. The van der Waals surface area contributed by atoms with E-state index in [1.54, 1.807) is 0 Å². The number of ether oxygens (including phenoxy) is 2. The summed E-state index contributed by atoms with van der Waals surface area (Å²) in [5.74, 6) is 0. The van der Waals surface area contributed by atoms with Gasteiger partial charge in [0.25, 0.3) is 0 Å². The van der Waals surface area contributed by atoms with Crippen molar-refractivity contribution in [2.45, 2.75) is 43.7 Å². The predicted molar refractivity (Wildman–Crippen MR) is 45.3 cm³/mol. The van der Waals surface area contributed by atoms with Crippen LogP contribution in [0.4, 0.5) is 0 Å². The summed E-state index contributed by atoms with van der Waals surface area (Å²) in [6, 6.07) is 0. The normalized spacial score (nSPS) is 45.7. The molecule has 2 aliphatic heterocycles. The van der Waals surface area contributed by atoms with Crippen molar-refractivity contribution in [3.8, 4) is 0 Å². The third kappa shape index (κ3) is 1.86. The molecule has 4 nitrogen and oxygen atoms in total. The summed E-state index contributed by atoms with van der Waals surface area (Å²) in [7, 11) is 0. The molecule has 0 amide bonds. The molecule has 0 aromatic heterocycles. The largest absolute Gasteiger partial charge is 0.394 e. The van der Waals surface area contributed by atoms with Crippen molar-refractivity contribution in [3.63, 3.8) is 0 Å². The number of hydrogen-bond acceptors (Lipinski definition) is 4. The molecule has 0 saturated carbocycles. The van der Waals surface area contributed by atoms with E-state index in [9.17, 15) is 5.11 Å². The van der Waals surface area contributed by atoms with Crippen molar-refractivity contribution in [2.24, 2.45) is 0 Å². The fraction of sp³-hybridized carbons (Fsp3) is 1.00. The molecule has 2 N–H and O–H groups in total. The molecule has 0 aliphatic carbocycles. The van der Waals surface area contributed by atoms with E-state index in [4.69, 9.17) is 14.6 Å². The molecule has 0 bridgehead atoms. The van der Waals surface area contributed by atoms with E-state index >= 15 is 0 Å². The minimum absolute atomic E-state index is 0.0136. The van der Waals surface area contributed by atoms with Gasteiger partial charge in [0.1, 0.15) is 6.10 Å². The van der Waals surface area contributed by atoms with Crippen molar-refractivity contribution >= 4 is 0 Å². The van der Waals surface area contributed by atoms with Gasteiger partial charge in [0.2, 0.25) is 0 Å². The second-order valence-corrected chi connectivity index (χ2v) is 3.76. The van der Waals surface area contributed by atoms with Gasteiger partial charge < -0.3 is 19.7 Å². The van der Waals surface area contributed by atoms with Gasteiger partial charge in [0.05, 0.1) is 24.9 Å². The lowest BCUT2D eigenvalue weighted by atomic mass is 9.93. The number of fused-ring (bicyclic) bond motifs is 1. The summed E-state index contributed by atoms with van der Waals surface area (Å²) in [4.78, 5) is 0. The first-order chi connectivity index (χ1) is 6.31. The maximum Gasteiger partial charge on any atom is 0.110 e. The Labute approximate surface area is 77.5 Å². The smallest absolute Gasteiger partial charge is 0.110 e. The van der Waals surface area contributed by atoms with Crippen LogP contribution in [0.15, 0.2) is 0 Å². The van der Waals surface area contributed by atoms with E-state index < -0.39 is 6.10 Å². The molecule has 2 rings (SSSR count). The fourth-order valence-electron chi connectivity index (χ4n) is 2.10. The minimum atomic E-state index is -0.476. The molecule has 2 saturated heterocycles. The Bertz CT molecular complexity index is 173. The van der Waals surface area contributed by atoms with Gasteiger partial charge in [-0.1, -0.05) is 0 Å². The molecule has 4 heteroatoms. The molecular formula is C9H16O4. The van der Waals surface area contributed by atoms with E-state index in [-0.39, 0.29) is 24.9 Å². The van der Waals surface area contributed by atoms with E-state index in [1.165, 1.54) is 0 Å². The molecule has 2 heterocycles. The number of hydrogen-bond donors (Lipinski definition) is 2. The molecular weight excluding hydrogens is 172 g/mol. The van der Waals surface area contributed by atoms with Gasteiger partial charge in [-0.3, -0.25) is 0 Å². The van der Waals surface area contributed by atoms with Crippen LogP contribution in [0.3, 0.4) is 0 Å². The van der Waals surface area contributed by atoms with Crippen molar-refractivity contribution in [1.82, 2.24) is 0 Å². The predicted octanol–water partition coefficient (Wildman–Crippen LogP) is -0.324. The molecule has 0 radical (unpaired) electrons. The molecule has 76 valence electrons. The first-order valence-corrected chi connectivity index (χ1v) is 4.87. The third-order valence-corrected chi connectivity index (χ3v) is 2.76. The fourth-order valence-corrected chi connectivity index (χ4v) is 2.10. The van der Waals surface area contributed by atoms with Crippen LogP contribution in [0, 0.1) is 0 Å². The topological polar surface area (TPSA) is 58.9 Å². The highest BCUT2D eigenvalue weighted by Crippen LogP contribution is 2.28. The van der Waals surface area contributed by atoms with Crippen molar-refractivity contribution in [2.75, 3.05) is 13.2 Å². The molecule has 13 heavy (non-hydrogen) atoms. The number of rotatable bonds is 1. The molecule has 0 aromatic carbocycles. The maximum absolute atomic E-state index is 9.69. The molecule has 0 unspecified atom stereocenters. The van der Waals surface area contributed by atoms with Crippen LogP contribution >= 0.6 is 0 Å². The van der Waals surface area contributed by atoms with Crippen LogP contribution in [-0.4, -0.2) is 47.8 Å². The maximum atomic E-state index is 9.69. The quantitative estimate of drug-likeness (QED) is 0.592. The van der Waals surface area contributed by atoms with Crippen LogP contribution in [-0.2, 0) is 9.47 Å². The van der Waals surface area contributed by atoms with E-state index in [1.807, 2.05) is 0 Å². The van der Waals surface area contributed by atoms with Gasteiger partial charge >= 0.3 is 0 Å². The Kier molecular flexibility index (Phi) is 2.83. The van der Waals surface area contributed by atoms with E-state index in [2.05, 4.69) is 0 Å². The summed E-state index contributed by atoms with van der Waals surface area (Å²) in [6.45, 7) is 0.700. The second-order valence-electron chi connectivity index (χ2n) is 3.76. The summed E-state index contributed by atoms with van der Waals surface area (Å²) < 4.78 is 11.0. The zero-order valence-electron chi connectivity index (χ0n) is 7.56. The van der Waals surface area contributed by atoms with Crippen molar-refractivity contribution in [3.05, 3.63) is 0 Å². The zero-order valence-corrected chi connectivity index (χ0v) is 7.56. The lowest BCUT2D eigenvalue weighted by Crippen LogP contribution is -2.52. The number of aliphatic hydroxyl groups is 2. The van der Waals surface area contributed by atoms with Crippen LogP contribution in [0.2, 0.25) is 0 Å². The van der Waals surface area contributed by atoms with Crippen LogP contribution < -0.4 is 0 Å². The lowest BCUT2D eigenvalue weighted by molar-refractivity contribution is -0.212. The Morgan fingerprint density at radius 3 is 3.00 bits per heavy atom. The number of aliphatic hydroxyl groups excluding tert-OH is 2. The van der Waals surface area contributed by atoms with Gasteiger partial charge in [0.15, 0.2) is 0 Å². The third-order valence-electron chi connectivity index (χ3n) is 2.76. The van der Waals surface area contributed by atoms with Crippen LogP contribution in [0.1, 0.15) is 19.3 Å². The van der Waals surface area contributed by atoms with Crippen LogP contribution in [0.5, 0.6) is 0 Å². The Morgan fingerprint density at radius 1 is 1.38 bits per heavy atom. The highest BCUT2D eigenvalue weighted by molar-refractivity contribution is 4.88. The second kappa shape index (κ2) is 3.92. The summed E-state index contributed by atoms with van der Waals surface area (Å²) >= 11 is 0. The van der Waals surface area contributed by atoms with Gasteiger partial charge in [-0.2, -0.15) is 0 Å². The highest BCUT2D eigenvalue weighted by Gasteiger charge is 2.39. The van der Waals surface area contributed by atoms with Gasteiger partial charge in [-0.05, 0) is 12.8 Å². The van der Waals surface area contributed by atoms with Gasteiger partial charge in [-0.25, -0.2) is 0 Å².